The van der Waals surface area contributed by atoms with Crippen LogP contribution in [0.4, 0.5) is 0 Å². The van der Waals surface area contributed by atoms with Gasteiger partial charge in [0.1, 0.15) is 5.56 Å². The molecule has 0 radical (unpaired) electrons. The molecule has 7 heteroatoms. The number of carbonyl (C=O) groups is 1. The largest absolute Gasteiger partial charge is 0.352 e. The van der Waals surface area contributed by atoms with E-state index < -0.39 is 0 Å². The van der Waals surface area contributed by atoms with Crippen molar-refractivity contribution in [2.75, 3.05) is 6.54 Å². The van der Waals surface area contributed by atoms with Gasteiger partial charge in [-0.1, -0.05) is 25.4 Å². The van der Waals surface area contributed by atoms with Crippen LogP contribution < -0.4 is 5.32 Å². The molecule has 1 amide bonds. The number of thiophene rings is 1. The molecule has 0 fully saturated rings. The summed E-state index contributed by atoms with van der Waals surface area (Å²) < 4.78 is 2.39. The summed E-state index contributed by atoms with van der Waals surface area (Å²) in [6, 6.07) is 5.64. The number of hydrogen-bond acceptors (Lipinski definition) is 4. The molecule has 3 aromatic rings. The van der Waals surface area contributed by atoms with E-state index in [1.807, 2.05) is 18.2 Å². The Hall–Kier alpha value is -1.92. The molecule has 1 N–H and O–H groups in total. The summed E-state index contributed by atoms with van der Waals surface area (Å²) in [5.74, 6) is 0.405. The van der Waals surface area contributed by atoms with Crippen molar-refractivity contribution in [2.24, 2.45) is 5.92 Å². The van der Waals surface area contributed by atoms with Crippen molar-refractivity contribution in [3.05, 3.63) is 40.5 Å². The van der Waals surface area contributed by atoms with Gasteiger partial charge >= 0.3 is 0 Å². The first-order valence-electron chi connectivity index (χ1n) is 7.43. The summed E-state index contributed by atoms with van der Waals surface area (Å²) >= 11 is 7.48. The molecule has 0 atom stereocenters. The van der Waals surface area contributed by atoms with Gasteiger partial charge in [0.25, 0.3) is 5.91 Å². The second-order valence-electron chi connectivity index (χ2n) is 5.67. The molecule has 3 heterocycles. The first-order valence-corrected chi connectivity index (χ1v) is 8.62. The maximum Gasteiger partial charge on any atom is 0.256 e. The van der Waals surface area contributed by atoms with Gasteiger partial charge in [0.2, 0.25) is 0 Å². The van der Waals surface area contributed by atoms with E-state index in [4.69, 9.17) is 11.6 Å². The van der Waals surface area contributed by atoms with Crippen LogP contribution in [0.25, 0.3) is 16.2 Å². The molecule has 3 rings (SSSR count). The molecule has 0 aliphatic carbocycles. The topological polar surface area (TPSA) is 59.3 Å². The molecule has 0 unspecified atom stereocenters. The van der Waals surface area contributed by atoms with E-state index in [0.29, 0.717) is 28.0 Å². The van der Waals surface area contributed by atoms with Crippen molar-refractivity contribution in [1.82, 2.24) is 19.9 Å². The lowest BCUT2D eigenvalue weighted by molar-refractivity contribution is 0.0953. The van der Waals surface area contributed by atoms with Crippen molar-refractivity contribution < 1.29 is 4.79 Å². The number of fused-ring (bicyclic) bond motifs is 1. The lowest BCUT2D eigenvalue weighted by Gasteiger charge is -2.06. The van der Waals surface area contributed by atoms with Crippen LogP contribution in [0.15, 0.2) is 30.6 Å². The van der Waals surface area contributed by atoms with Crippen molar-refractivity contribution in [3.63, 3.8) is 0 Å². The highest BCUT2D eigenvalue weighted by atomic mass is 35.5. The van der Waals surface area contributed by atoms with Crippen molar-refractivity contribution in [1.29, 1.82) is 0 Å². The molecular weight excluding hydrogens is 332 g/mol. The smallest absolute Gasteiger partial charge is 0.256 e. The van der Waals surface area contributed by atoms with Gasteiger partial charge in [-0.25, -0.2) is 9.50 Å². The minimum atomic E-state index is -0.144. The van der Waals surface area contributed by atoms with Gasteiger partial charge in [-0.05, 0) is 30.5 Å². The van der Waals surface area contributed by atoms with Crippen molar-refractivity contribution >= 4 is 34.5 Å². The van der Waals surface area contributed by atoms with Crippen LogP contribution in [0, 0.1) is 5.92 Å². The second kappa shape index (κ2) is 6.68. The standard InChI is InChI=1S/C16H17ClN4OS/c1-10(2)5-7-19-16(22)11-9-20-21-12(6-8-18-15(11)21)13-3-4-14(17)23-13/h3-4,6,8-10H,5,7H2,1-2H3,(H,19,22). The van der Waals surface area contributed by atoms with Gasteiger partial charge in [0.05, 0.1) is 21.1 Å². The summed E-state index contributed by atoms with van der Waals surface area (Å²) in [6.07, 6.45) is 4.19. The van der Waals surface area contributed by atoms with Gasteiger partial charge in [0.15, 0.2) is 5.65 Å². The molecular formula is C16H17ClN4OS. The van der Waals surface area contributed by atoms with Crippen LogP contribution in [0.5, 0.6) is 0 Å². The van der Waals surface area contributed by atoms with Gasteiger partial charge in [-0.3, -0.25) is 4.79 Å². The van der Waals surface area contributed by atoms with E-state index in [2.05, 4.69) is 29.2 Å². The molecule has 0 aliphatic heterocycles. The lowest BCUT2D eigenvalue weighted by atomic mass is 10.1. The van der Waals surface area contributed by atoms with E-state index >= 15 is 0 Å². The number of hydrogen-bond donors (Lipinski definition) is 1. The monoisotopic (exact) mass is 348 g/mol. The number of rotatable bonds is 5. The van der Waals surface area contributed by atoms with E-state index in [1.165, 1.54) is 11.3 Å². The van der Waals surface area contributed by atoms with Crippen LogP contribution in [-0.4, -0.2) is 27.0 Å². The fourth-order valence-corrected chi connectivity index (χ4v) is 3.31. The Balaban J connectivity index is 1.91. The normalized spacial score (nSPS) is 11.3. The summed E-state index contributed by atoms with van der Waals surface area (Å²) in [6.45, 7) is 4.90. The van der Waals surface area contributed by atoms with Crippen LogP contribution in [0.3, 0.4) is 0 Å². The molecule has 120 valence electrons. The van der Waals surface area contributed by atoms with Gasteiger partial charge < -0.3 is 5.32 Å². The fraction of sp³-hybridized carbons (Fsp3) is 0.312. The molecule has 5 nitrogen and oxygen atoms in total. The zero-order chi connectivity index (χ0) is 16.4. The predicted octanol–water partition coefficient (Wildman–Crippen LogP) is 3.89. The Bertz CT molecular complexity index is 840. The third kappa shape index (κ3) is 3.38. The molecule has 0 aliphatic rings. The molecule has 0 aromatic carbocycles. The molecule has 0 spiro atoms. The van der Waals surface area contributed by atoms with Crippen LogP contribution in [0.1, 0.15) is 30.6 Å². The predicted molar refractivity (Wildman–Crippen MR) is 93.1 cm³/mol. The number of halogens is 1. The Morgan fingerprint density at radius 2 is 2.22 bits per heavy atom. The van der Waals surface area contributed by atoms with E-state index in [1.54, 1.807) is 16.9 Å². The van der Waals surface area contributed by atoms with Gasteiger partial charge in [0, 0.05) is 12.7 Å². The minimum Gasteiger partial charge on any atom is -0.352 e. The average molecular weight is 349 g/mol. The second-order valence-corrected chi connectivity index (χ2v) is 7.38. The van der Waals surface area contributed by atoms with Crippen molar-refractivity contribution in [3.8, 4) is 10.6 Å². The zero-order valence-corrected chi connectivity index (χ0v) is 14.5. The number of carbonyl (C=O) groups excluding carboxylic acids is 1. The summed E-state index contributed by atoms with van der Waals surface area (Å²) in [5, 5.41) is 7.25. The van der Waals surface area contributed by atoms with Crippen LogP contribution in [0.2, 0.25) is 4.34 Å². The maximum absolute atomic E-state index is 12.3. The third-order valence-corrected chi connectivity index (χ3v) is 4.73. The summed E-state index contributed by atoms with van der Waals surface area (Å²) in [7, 11) is 0. The maximum atomic E-state index is 12.3. The van der Waals surface area contributed by atoms with Gasteiger partial charge in [-0.15, -0.1) is 11.3 Å². The third-order valence-electron chi connectivity index (χ3n) is 3.48. The van der Waals surface area contributed by atoms with Gasteiger partial charge in [-0.2, -0.15) is 5.10 Å². The Labute approximate surface area is 143 Å². The molecule has 0 saturated carbocycles. The Morgan fingerprint density at radius 3 is 2.91 bits per heavy atom. The highest BCUT2D eigenvalue weighted by Gasteiger charge is 2.16. The highest BCUT2D eigenvalue weighted by molar-refractivity contribution is 7.19. The van der Waals surface area contributed by atoms with E-state index in [-0.39, 0.29) is 5.91 Å². The SMILES string of the molecule is CC(C)CCNC(=O)c1cnn2c(-c3ccc(Cl)s3)ccnc12. The lowest BCUT2D eigenvalue weighted by Crippen LogP contribution is -2.25. The molecule has 0 saturated heterocycles. The average Bonchev–Trinajstić information content (AvgIpc) is 3.12. The first-order chi connectivity index (χ1) is 11.1. The number of amides is 1. The number of nitrogens with zero attached hydrogens (tertiary/aromatic N) is 3. The number of nitrogens with one attached hydrogen (secondary N) is 1. The summed E-state index contributed by atoms with van der Waals surface area (Å²) in [4.78, 5) is 17.6. The van der Waals surface area contributed by atoms with E-state index in [9.17, 15) is 4.79 Å². The fourth-order valence-electron chi connectivity index (χ4n) is 2.26. The number of aromatic nitrogens is 3. The van der Waals surface area contributed by atoms with E-state index in [0.717, 1.165) is 17.0 Å². The molecule has 23 heavy (non-hydrogen) atoms. The molecule has 3 aromatic heterocycles. The first kappa shape index (κ1) is 16.0. The van der Waals surface area contributed by atoms with Crippen LogP contribution >= 0.6 is 22.9 Å². The highest BCUT2D eigenvalue weighted by Crippen LogP contribution is 2.31. The Morgan fingerprint density at radius 1 is 1.39 bits per heavy atom. The minimum absolute atomic E-state index is 0.144. The zero-order valence-electron chi connectivity index (χ0n) is 12.9. The Kier molecular flexibility index (Phi) is 4.63. The molecule has 0 bridgehead atoms. The van der Waals surface area contributed by atoms with Crippen molar-refractivity contribution in [2.45, 2.75) is 20.3 Å². The quantitative estimate of drug-likeness (QED) is 0.761. The summed E-state index contributed by atoms with van der Waals surface area (Å²) in [5.41, 5.74) is 1.90. The van der Waals surface area contributed by atoms with Crippen LogP contribution in [-0.2, 0) is 0 Å².